The Balaban J connectivity index is 1.91. The molecule has 0 saturated carbocycles. The molecule has 0 radical (unpaired) electrons. The van der Waals surface area contributed by atoms with Crippen LogP contribution in [0.1, 0.15) is 23.5 Å². The molecule has 0 fully saturated rings. The second-order valence-electron chi connectivity index (χ2n) is 6.46. The monoisotopic (exact) mass is 384 g/mol. The fourth-order valence-electron chi connectivity index (χ4n) is 3.17. The molecule has 0 aliphatic carbocycles. The zero-order valence-electron chi connectivity index (χ0n) is 15.8. The molecule has 6 nitrogen and oxygen atoms in total. The highest BCUT2D eigenvalue weighted by atomic mass is 19.1. The lowest BCUT2D eigenvalue weighted by molar-refractivity contribution is -0.121. The number of carbonyl (C=O) groups is 2. The van der Waals surface area contributed by atoms with Crippen LogP contribution in [0.25, 0.3) is 0 Å². The van der Waals surface area contributed by atoms with Crippen LogP contribution < -0.4 is 20.1 Å². The molecule has 1 aliphatic heterocycles. The Kier molecular flexibility index (Phi) is 5.63. The van der Waals surface area contributed by atoms with E-state index in [9.17, 15) is 14.0 Å². The van der Waals surface area contributed by atoms with Crippen LogP contribution in [-0.4, -0.2) is 26.0 Å². The van der Waals surface area contributed by atoms with Crippen LogP contribution in [0.4, 0.5) is 10.1 Å². The van der Waals surface area contributed by atoms with Gasteiger partial charge in [0.15, 0.2) is 11.5 Å². The van der Waals surface area contributed by atoms with Crippen molar-refractivity contribution in [2.45, 2.75) is 19.3 Å². The SMILES string of the molecule is COc1cc(C)c(NC(=O)C2=CNC(=O)CC2c2cccc(F)c2)cc1OC. The Hall–Kier alpha value is -3.35. The van der Waals surface area contributed by atoms with Gasteiger partial charge in [0.1, 0.15) is 5.82 Å². The zero-order chi connectivity index (χ0) is 20.3. The summed E-state index contributed by atoms with van der Waals surface area (Å²) in [5.41, 5.74) is 2.26. The first-order valence-corrected chi connectivity index (χ1v) is 8.71. The molecule has 0 aromatic heterocycles. The molecular formula is C21H21FN2O4. The average Bonchev–Trinajstić information content (AvgIpc) is 2.69. The molecule has 1 unspecified atom stereocenters. The van der Waals surface area contributed by atoms with Crippen molar-refractivity contribution in [3.8, 4) is 11.5 Å². The maximum atomic E-state index is 13.7. The fourth-order valence-corrected chi connectivity index (χ4v) is 3.17. The van der Waals surface area contributed by atoms with Gasteiger partial charge in [0.25, 0.3) is 5.91 Å². The smallest absolute Gasteiger partial charge is 0.253 e. The minimum atomic E-state index is -0.537. The number of halogens is 1. The number of benzene rings is 2. The lowest BCUT2D eigenvalue weighted by Crippen LogP contribution is -2.32. The maximum Gasteiger partial charge on any atom is 0.253 e. The molecule has 146 valence electrons. The maximum absolute atomic E-state index is 13.7. The van der Waals surface area contributed by atoms with Crippen LogP contribution in [0.3, 0.4) is 0 Å². The molecule has 2 aromatic rings. The van der Waals surface area contributed by atoms with Gasteiger partial charge in [0, 0.05) is 35.9 Å². The van der Waals surface area contributed by atoms with Crippen molar-refractivity contribution in [3.63, 3.8) is 0 Å². The Morgan fingerprint density at radius 1 is 1.18 bits per heavy atom. The largest absolute Gasteiger partial charge is 0.493 e. The highest BCUT2D eigenvalue weighted by Gasteiger charge is 2.29. The molecule has 1 aliphatic rings. The second-order valence-corrected chi connectivity index (χ2v) is 6.46. The number of rotatable bonds is 5. The number of nitrogens with one attached hydrogen (secondary N) is 2. The highest BCUT2D eigenvalue weighted by Crippen LogP contribution is 2.35. The normalized spacial score (nSPS) is 16.1. The molecule has 28 heavy (non-hydrogen) atoms. The Morgan fingerprint density at radius 2 is 1.89 bits per heavy atom. The van der Waals surface area contributed by atoms with Crippen molar-refractivity contribution in [2.24, 2.45) is 0 Å². The third-order valence-corrected chi connectivity index (χ3v) is 4.65. The number of hydrogen-bond donors (Lipinski definition) is 2. The minimum absolute atomic E-state index is 0.0631. The molecular weight excluding hydrogens is 363 g/mol. The Labute approximate surface area is 162 Å². The van der Waals surface area contributed by atoms with Crippen molar-refractivity contribution in [3.05, 3.63) is 65.1 Å². The predicted molar refractivity (Wildman–Crippen MR) is 103 cm³/mol. The molecule has 3 rings (SSSR count). The number of methoxy groups -OCH3 is 2. The van der Waals surface area contributed by atoms with E-state index in [4.69, 9.17) is 9.47 Å². The van der Waals surface area contributed by atoms with Gasteiger partial charge in [-0.05, 0) is 36.2 Å². The quantitative estimate of drug-likeness (QED) is 0.830. The van der Waals surface area contributed by atoms with Crippen LogP contribution in [0.2, 0.25) is 0 Å². The Bertz CT molecular complexity index is 955. The van der Waals surface area contributed by atoms with Gasteiger partial charge in [-0.3, -0.25) is 9.59 Å². The average molecular weight is 384 g/mol. The highest BCUT2D eigenvalue weighted by molar-refractivity contribution is 6.06. The van der Waals surface area contributed by atoms with E-state index >= 15 is 0 Å². The zero-order valence-corrected chi connectivity index (χ0v) is 15.8. The van der Waals surface area contributed by atoms with E-state index in [1.165, 1.54) is 32.6 Å². The van der Waals surface area contributed by atoms with E-state index in [1.807, 2.05) is 6.92 Å². The van der Waals surface area contributed by atoms with Crippen molar-refractivity contribution in [1.82, 2.24) is 5.32 Å². The number of hydrogen-bond acceptors (Lipinski definition) is 4. The molecule has 2 amide bonds. The van der Waals surface area contributed by atoms with Gasteiger partial charge in [0.05, 0.1) is 14.2 Å². The van der Waals surface area contributed by atoms with E-state index in [-0.39, 0.29) is 18.2 Å². The van der Waals surface area contributed by atoms with Crippen molar-refractivity contribution in [2.75, 3.05) is 19.5 Å². The number of amides is 2. The summed E-state index contributed by atoms with van der Waals surface area (Å²) in [6, 6.07) is 9.36. The lowest BCUT2D eigenvalue weighted by atomic mass is 9.86. The predicted octanol–water partition coefficient (Wildman–Crippen LogP) is 3.28. The third kappa shape index (κ3) is 3.98. The summed E-state index contributed by atoms with van der Waals surface area (Å²) in [5, 5.41) is 5.42. The van der Waals surface area contributed by atoms with Crippen LogP contribution in [-0.2, 0) is 9.59 Å². The van der Waals surface area contributed by atoms with Crippen molar-refractivity contribution in [1.29, 1.82) is 0 Å². The standard InChI is InChI=1S/C21H21FN2O4/c1-12-7-18(27-2)19(28-3)10-17(12)24-21(26)16-11-23-20(25)9-15(16)13-5-4-6-14(22)8-13/h4-8,10-11,15H,9H2,1-3H3,(H,23,25)(H,24,26). The van der Waals surface area contributed by atoms with Crippen LogP contribution in [0.5, 0.6) is 11.5 Å². The number of ether oxygens (including phenoxy) is 2. The number of aryl methyl sites for hydroxylation is 1. The van der Waals surface area contributed by atoms with Gasteiger partial charge >= 0.3 is 0 Å². The summed E-state index contributed by atoms with van der Waals surface area (Å²) in [5.74, 6) is -0.530. The third-order valence-electron chi connectivity index (χ3n) is 4.65. The van der Waals surface area contributed by atoms with E-state index in [1.54, 1.807) is 24.3 Å². The van der Waals surface area contributed by atoms with Gasteiger partial charge in [-0.2, -0.15) is 0 Å². The first kappa shape index (κ1) is 19.4. The topological polar surface area (TPSA) is 76.7 Å². The van der Waals surface area contributed by atoms with Crippen LogP contribution >= 0.6 is 0 Å². The van der Waals surface area contributed by atoms with E-state index in [2.05, 4.69) is 10.6 Å². The van der Waals surface area contributed by atoms with Crippen molar-refractivity contribution >= 4 is 17.5 Å². The van der Waals surface area contributed by atoms with E-state index in [0.717, 1.165) is 5.56 Å². The van der Waals surface area contributed by atoms with Gasteiger partial charge < -0.3 is 20.1 Å². The molecule has 2 N–H and O–H groups in total. The number of anilines is 1. The summed E-state index contributed by atoms with van der Waals surface area (Å²) < 4.78 is 24.2. The molecule has 7 heteroatoms. The number of carbonyl (C=O) groups excluding carboxylic acids is 2. The summed E-state index contributed by atoms with van der Waals surface area (Å²) in [7, 11) is 3.05. The fraction of sp³-hybridized carbons (Fsp3) is 0.238. The van der Waals surface area contributed by atoms with Crippen LogP contribution in [0.15, 0.2) is 48.2 Å². The van der Waals surface area contributed by atoms with Crippen molar-refractivity contribution < 1.29 is 23.5 Å². The molecule has 1 heterocycles. The Morgan fingerprint density at radius 3 is 2.57 bits per heavy atom. The van der Waals surface area contributed by atoms with E-state index in [0.29, 0.717) is 28.3 Å². The first-order valence-electron chi connectivity index (χ1n) is 8.71. The van der Waals surface area contributed by atoms with Gasteiger partial charge in [-0.1, -0.05) is 12.1 Å². The van der Waals surface area contributed by atoms with Crippen LogP contribution in [0, 0.1) is 12.7 Å². The summed E-state index contributed by atoms with van der Waals surface area (Å²) >= 11 is 0. The molecule has 0 bridgehead atoms. The summed E-state index contributed by atoms with van der Waals surface area (Å²) in [6.45, 7) is 1.83. The van der Waals surface area contributed by atoms with Gasteiger partial charge in [-0.15, -0.1) is 0 Å². The summed E-state index contributed by atoms with van der Waals surface area (Å²) in [6.07, 6.45) is 1.44. The lowest BCUT2D eigenvalue weighted by Gasteiger charge is -2.24. The molecule has 1 atom stereocenters. The first-order chi connectivity index (χ1) is 13.4. The second kappa shape index (κ2) is 8.12. The van der Waals surface area contributed by atoms with E-state index < -0.39 is 11.7 Å². The molecule has 0 spiro atoms. The molecule has 0 saturated heterocycles. The minimum Gasteiger partial charge on any atom is -0.493 e. The van der Waals surface area contributed by atoms with Gasteiger partial charge in [0.2, 0.25) is 5.91 Å². The van der Waals surface area contributed by atoms with Gasteiger partial charge in [-0.25, -0.2) is 4.39 Å². The summed E-state index contributed by atoms with van der Waals surface area (Å²) in [4.78, 5) is 24.8. The molecule has 2 aromatic carbocycles.